The lowest BCUT2D eigenvalue weighted by atomic mass is 9.99. The number of hydrogen-bond acceptors (Lipinski definition) is 6. The van der Waals surface area contributed by atoms with Gasteiger partial charge in [0.25, 0.3) is 0 Å². The van der Waals surface area contributed by atoms with Crippen LogP contribution >= 0.6 is 0 Å². The maximum Gasteiger partial charge on any atom is 0.408 e. The molecule has 1 rings (SSSR count). The van der Waals surface area contributed by atoms with Crippen LogP contribution in [0.25, 0.3) is 0 Å². The zero-order chi connectivity index (χ0) is 25.9. The van der Waals surface area contributed by atoms with Crippen LogP contribution in [0, 0.1) is 17.2 Å². The molecule has 34 heavy (non-hydrogen) atoms. The van der Waals surface area contributed by atoms with Crippen molar-refractivity contribution < 1.29 is 24.2 Å². The van der Waals surface area contributed by atoms with Gasteiger partial charge in [0.1, 0.15) is 30.0 Å². The molecule has 0 aliphatic rings. The van der Waals surface area contributed by atoms with Gasteiger partial charge >= 0.3 is 6.09 Å². The molecule has 3 N–H and O–H groups in total. The van der Waals surface area contributed by atoms with Crippen LogP contribution in [0.5, 0.6) is 5.75 Å². The zero-order valence-corrected chi connectivity index (χ0v) is 21.1. The third kappa shape index (κ3) is 9.30. The molecule has 0 spiro atoms. The maximum atomic E-state index is 13.6. The van der Waals surface area contributed by atoms with E-state index in [0.717, 1.165) is 24.2 Å². The topological polar surface area (TPSA) is 132 Å². The third-order valence-electron chi connectivity index (χ3n) is 4.98. The number of ether oxygens (including phenoxy) is 1. The highest BCUT2D eigenvalue weighted by atomic mass is 16.6. The number of nitriles is 1. The summed E-state index contributed by atoms with van der Waals surface area (Å²) in [5.74, 6) is -1.35. The molecule has 0 saturated heterocycles. The van der Waals surface area contributed by atoms with E-state index < -0.39 is 35.6 Å². The number of hydrogen-bond donors (Lipinski definition) is 3. The van der Waals surface area contributed by atoms with E-state index in [0.29, 0.717) is 12.1 Å². The van der Waals surface area contributed by atoms with Crippen molar-refractivity contribution >= 4 is 17.9 Å². The van der Waals surface area contributed by atoms with Crippen molar-refractivity contribution in [2.24, 2.45) is 5.92 Å². The Bertz CT molecular complexity index is 856. The zero-order valence-electron chi connectivity index (χ0n) is 21.1. The minimum atomic E-state index is -1.11. The van der Waals surface area contributed by atoms with E-state index in [1.165, 1.54) is 24.3 Å². The van der Waals surface area contributed by atoms with E-state index in [2.05, 4.69) is 17.6 Å². The Balaban J connectivity index is 3.31. The first-order valence-electron chi connectivity index (χ1n) is 11.6. The van der Waals surface area contributed by atoms with Gasteiger partial charge in [0.15, 0.2) is 0 Å². The average molecular weight is 475 g/mol. The number of phenolic OH excluding ortho intramolecular Hbond substituents is 1. The first-order chi connectivity index (χ1) is 15.9. The molecule has 1 aromatic rings. The number of amides is 3. The Morgan fingerprint density at radius 3 is 2.26 bits per heavy atom. The molecule has 188 valence electrons. The number of phenols is 1. The smallest absolute Gasteiger partial charge is 0.408 e. The van der Waals surface area contributed by atoms with Gasteiger partial charge < -0.3 is 25.4 Å². The molecule has 2 atom stereocenters. The first-order valence-corrected chi connectivity index (χ1v) is 11.6. The molecule has 0 fully saturated rings. The molecule has 0 aliphatic heterocycles. The van der Waals surface area contributed by atoms with E-state index >= 15 is 0 Å². The molecule has 0 heterocycles. The lowest BCUT2D eigenvalue weighted by molar-refractivity contribution is -0.142. The number of nitrogens with one attached hydrogen (secondary N) is 2. The average Bonchev–Trinajstić information content (AvgIpc) is 2.74. The van der Waals surface area contributed by atoms with Crippen LogP contribution in [0.4, 0.5) is 4.79 Å². The monoisotopic (exact) mass is 474 g/mol. The van der Waals surface area contributed by atoms with Crippen LogP contribution in [0.15, 0.2) is 24.3 Å². The van der Waals surface area contributed by atoms with Crippen LogP contribution in [-0.4, -0.2) is 52.6 Å². The Hall–Kier alpha value is -3.28. The van der Waals surface area contributed by atoms with E-state index in [1.807, 2.05) is 6.07 Å². The van der Waals surface area contributed by atoms with Crippen molar-refractivity contribution in [2.45, 2.75) is 78.5 Å². The SMILES string of the molecule is CCCCCNC(=O)C(c1ccc(O)cc1)N(CC#N)C(=O)C(NC(=O)OC(C)(C)C)C(C)C. The molecule has 0 bridgehead atoms. The second kappa shape index (κ2) is 13.4. The van der Waals surface area contributed by atoms with E-state index in [1.54, 1.807) is 34.6 Å². The highest BCUT2D eigenvalue weighted by Gasteiger charge is 2.37. The minimum absolute atomic E-state index is 0.00987. The summed E-state index contributed by atoms with van der Waals surface area (Å²) in [7, 11) is 0. The normalized spacial score (nSPS) is 12.9. The lowest BCUT2D eigenvalue weighted by Gasteiger charge is -2.34. The van der Waals surface area contributed by atoms with Gasteiger partial charge in [0.2, 0.25) is 11.8 Å². The second-order valence-electron chi connectivity index (χ2n) is 9.48. The Kier molecular flexibility index (Phi) is 11.4. The second-order valence-corrected chi connectivity index (χ2v) is 9.48. The molecule has 0 radical (unpaired) electrons. The van der Waals surface area contributed by atoms with E-state index in [4.69, 9.17) is 4.74 Å². The van der Waals surface area contributed by atoms with Gasteiger partial charge in [-0.2, -0.15) is 5.26 Å². The summed E-state index contributed by atoms with van der Waals surface area (Å²) < 4.78 is 5.30. The lowest BCUT2D eigenvalue weighted by Crippen LogP contribution is -2.55. The van der Waals surface area contributed by atoms with Gasteiger partial charge in [-0.15, -0.1) is 0 Å². The highest BCUT2D eigenvalue weighted by Crippen LogP contribution is 2.25. The highest BCUT2D eigenvalue weighted by molar-refractivity contribution is 5.92. The van der Waals surface area contributed by atoms with Crippen molar-refractivity contribution in [3.63, 3.8) is 0 Å². The molecule has 1 aromatic carbocycles. The first kappa shape index (κ1) is 28.8. The summed E-state index contributed by atoms with van der Waals surface area (Å²) in [6.45, 7) is 10.8. The number of nitrogens with zero attached hydrogens (tertiary/aromatic N) is 2. The summed E-state index contributed by atoms with van der Waals surface area (Å²) in [5, 5.41) is 24.6. The summed E-state index contributed by atoms with van der Waals surface area (Å²) in [6, 6.07) is 5.73. The van der Waals surface area contributed by atoms with Crippen molar-refractivity contribution in [1.29, 1.82) is 5.26 Å². The van der Waals surface area contributed by atoms with Crippen molar-refractivity contribution in [3.05, 3.63) is 29.8 Å². The molecule has 0 saturated carbocycles. The number of benzene rings is 1. The molecule has 3 amide bonds. The van der Waals surface area contributed by atoms with Crippen LogP contribution < -0.4 is 10.6 Å². The summed E-state index contributed by atoms with van der Waals surface area (Å²) in [5.41, 5.74) is -0.317. The van der Waals surface area contributed by atoms with Crippen LogP contribution in [0.2, 0.25) is 0 Å². The number of carbonyl (C=O) groups is 3. The Morgan fingerprint density at radius 1 is 1.15 bits per heavy atom. The Morgan fingerprint density at radius 2 is 1.76 bits per heavy atom. The Labute approximate surface area is 202 Å². The maximum absolute atomic E-state index is 13.6. The van der Waals surface area contributed by atoms with Gasteiger partial charge in [-0.05, 0) is 50.8 Å². The van der Waals surface area contributed by atoms with Gasteiger partial charge in [0.05, 0.1) is 6.07 Å². The number of aromatic hydroxyl groups is 1. The van der Waals surface area contributed by atoms with Gasteiger partial charge in [0, 0.05) is 6.54 Å². The van der Waals surface area contributed by atoms with Crippen LogP contribution in [0.1, 0.15) is 72.4 Å². The molecule has 0 aromatic heterocycles. The fraction of sp³-hybridized carbons (Fsp3) is 0.600. The molecular formula is C25H38N4O5. The number of rotatable bonds is 11. The predicted molar refractivity (Wildman–Crippen MR) is 129 cm³/mol. The largest absolute Gasteiger partial charge is 0.508 e. The van der Waals surface area contributed by atoms with Gasteiger partial charge in [-0.3, -0.25) is 9.59 Å². The van der Waals surface area contributed by atoms with Crippen molar-refractivity contribution in [1.82, 2.24) is 15.5 Å². The number of unbranched alkanes of at least 4 members (excludes halogenated alkanes) is 2. The van der Waals surface area contributed by atoms with Crippen LogP contribution in [-0.2, 0) is 14.3 Å². The molecule has 0 aliphatic carbocycles. The predicted octanol–water partition coefficient (Wildman–Crippen LogP) is 3.64. The number of carbonyl (C=O) groups excluding carboxylic acids is 3. The third-order valence-corrected chi connectivity index (χ3v) is 4.98. The quantitative estimate of drug-likeness (QED) is 0.331. The molecule has 2 unspecified atom stereocenters. The summed E-state index contributed by atoms with van der Waals surface area (Å²) >= 11 is 0. The molecule has 9 heteroatoms. The fourth-order valence-corrected chi connectivity index (χ4v) is 3.31. The van der Waals surface area contributed by atoms with Crippen molar-refractivity contribution in [2.75, 3.05) is 13.1 Å². The standard InChI is InChI=1S/C25H38N4O5/c1-7-8-9-15-27-22(31)21(18-10-12-19(30)13-11-18)29(16-14-26)23(32)20(17(2)3)28-24(33)34-25(4,5)6/h10-13,17,20-21,30H,7-9,15-16H2,1-6H3,(H,27,31)(H,28,33). The van der Waals surface area contributed by atoms with Crippen LogP contribution in [0.3, 0.4) is 0 Å². The van der Waals surface area contributed by atoms with Crippen molar-refractivity contribution in [3.8, 4) is 11.8 Å². The fourth-order valence-electron chi connectivity index (χ4n) is 3.31. The molecule has 9 nitrogen and oxygen atoms in total. The number of alkyl carbamates (subject to hydrolysis) is 1. The van der Waals surface area contributed by atoms with E-state index in [9.17, 15) is 24.8 Å². The van der Waals surface area contributed by atoms with E-state index in [-0.39, 0.29) is 18.2 Å². The minimum Gasteiger partial charge on any atom is -0.508 e. The van der Waals surface area contributed by atoms with Gasteiger partial charge in [-0.25, -0.2) is 4.79 Å². The molecular weight excluding hydrogens is 436 g/mol. The van der Waals surface area contributed by atoms with Gasteiger partial charge in [-0.1, -0.05) is 45.7 Å². The summed E-state index contributed by atoms with van der Waals surface area (Å²) in [4.78, 5) is 40.4. The summed E-state index contributed by atoms with van der Waals surface area (Å²) in [6.07, 6.45) is 1.95.